The van der Waals surface area contributed by atoms with Crippen LogP contribution in [0.25, 0.3) is 0 Å². The van der Waals surface area contributed by atoms with Crippen LogP contribution in [0.2, 0.25) is 0 Å². The lowest BCUT2D eigenvalue weighted by Crippen LogP contribution is -2.27. The van der Waals surface area contributed by atoms with Crippen LogP contribution in [0.4, 0.5) is 11.4 Å². The second kappa shape index (κ2) is 6.13. The number of carbonyl (C=O) groups excluding carboxylic acids is 1. The molecule has 0 unspecified atom stereocenters. The van der Waals surface area contributed by atoms with Crippen LogP contribution in [0, 0.1) is 6.92 Å². The van der Waals surface area contributed by atoms with E-state index in [1.54, 1.807) is 25.3 Å². The first kappa shape index (κ1) is 14.6. The number of hydrogen-bond donors (Lipinski definition) is 2. The van der Waals surface area contributed by atoms with Gasteiger partial charge >= 0.3 is 0 Å². The van der Waals surface area contributed by atoms with Gasteiger partial charge in [-0.1, -0.05) is 0 Å². The molecule has 0 spiro atoms. The average Bonchev–Trinajstić information content (AvgIpc) is 2.43. The molecule has 0 fully saturated rings. The van der Waals surface area contributed by atoms with Crippen molar-refractivity contribution in [2.75, 3.05) is 18.2 Å². The summed E-state index contributed by atoms with van der Waals surface area (Å²) in [7, 11) is 1.59. The highest BCUT2D eigenvalue weighted by molar-refractivity contribution is 5.90. The van der Waals surface area contributed by atoms with Crippen LogP contribution in [-0.4, -0.2) is 17.6 Å². The summed E-state index contributed by atoms with van der Waals surface area (Å²) in [4.78, 5) is 23.6. The van der Waals surface area contributed by atoms with Gasteiger partial charge < -0.3 is 20.4 Å². The lowest BCUT2D eigenvalue weighted by molar-refractivity contribution is -0.116. The second-order valence-corrected chi connectivity index (χ2v) is 4.66. The molecule has 1 amide bonds. The number of nitrogen functional groups attached to an aromatic ring is 1. The summed E-state index contributed by atoms with van der Waals surface area (Å²) in [5.74, 6) is 0.451. The molecule has 2 rings (SSSR count). The number of pyridine rings is 1. The van der Waals surface area contributed by atoms with Crippen LogP contribution in [0.5, 0.6) is 5.75 Å². The molecule has 0 aliphatic carbocycles. The lowest BCUT2D eigenvalue weighted by atomic mass is 10.2. The molecule has 6 heteroatoms. The Kier molecular flexibility index (Phi) is 4.27. The number of nitrogens with two attached hydrogens (primary N) is 1. The first-order valence-corrected chi connectivity index (χ1v) is 6.40. The van der Waals surface area contributed by atoms with Gasteiger partial charge in [-0.25, -0.2) is 0 Å². The number of ether oxygens (including phenoxy) is 1. The standard InChI is InChI=1S/C15H17N3O3/c1-10-7-12(4-5-13(10)21-2)17-14(19)9-18-8-11(16)3-6-15(18)20/h3-8H,9,16H2,1-2H3,(H,17,19). The number of anilines is 2. The van der Waals surface area contributed by atoms with Gasteiger partial charge in [0.15, 0.2) is 0 Å². The predicted molar refractivity (Wildman–Crippen MR) is 81.5 cm³/mol. The van der Waals surface area contributed by atoms with Crippen LogP contribution >= 0.6 is 0 Å². The van der Waals surface area contributed by atoms with Gasteiger partial charge in [-0.3, -0.25) is 9.59 Å². The van der Waals surface area contributed by atoms with Crippen molar-refractivity contribution in [1.82, 2.24) is 4.57 Å². The normalized spacial score (nSPS) is 10.2. The SMILES string of the molecule is COc1ccc(NC(=O)Cn2cc(N)ccc2=O)cc1C. The van der Waals surface area contributed by atoms with Crippen LogP contribution in [-0.2, 0) is 11.3 Å². The number of nitrogens with one attached hydrogen (secondary N) is 1. The number of aromatic nitrogens is 1. The van der Waals surface area contributed by atoms with Gasteiger partial charge in [-0.2, -0.15) is 0 Å². The van der Waals surface area contributed by atoms with Gasteiger partial charge in [-0.15, -0.1) is 0 Å². The maximum Gasteiger partial charge on any atom is 0.251 e. The molecule has 3 N–H and O–H groups in total. The van der Waals surface area contributed by atoms with Crippen molar-refractivity contribution in [2.24, 2.45) is 0 Å². The zero-order valence-corrected chi connectivity index (χ0v) is 11.9. The third-order valence-corrected chi connectivity index (χ3v) is 3.00. The molecule has 0 aliphatic heterocycles. The highest BCUT2D eigenvalue weighted by Gasteiger charge is 2.07. The summed E-state index contributed by atoms with van der Waals surface area (Å²) in [5, 5.41) is 2.73. The van der Waals surface area contributed by atoms with E-state index in [0.717, 1.165) is 11.3 Å². The van der Waals surface area contributed by atoms with Crippen molar-refractivity contribution in [2.45, 2.75) is 13.5 Å². The van der Waals surface area contributed by atoms with Crippen LogP contribution in [0.15, 0.2) is 41.3 Å². The Labute approximate surface area is 122 Å². The quantitative estimate of drug-likeness (QED) is 0.889. The van der Waals surface area contributed by atoms with Gasteiger partial charge in [0.1, 0.15) is 12.3 Å². The summed E-state index contributed by atoms with van der Waals surface area (Å²) >= 11 is 0. The largest absolute Gasteiger partial charge is 0.496 e. The maximum atomic E-state index is 12.0. The molecule has 1 aromatic carbocycles. The number of rotatable bonds is 4. The van der Waals surface area contributed by atoms with Crippen LogP contribution in [0.3, 0.4) is 0 Å². The topological polar surface area (TPSA) is 86.3 Å². The monoisotopic (exact) mass is 287 g/mol. The van der Waals surface area contributed by atoms with Crippen molar-refractivity contribution >= 4 is 17.3 Å². The molecule has 1 aromatic heterocycles. The van der Waals surface area contributed by atoms with E-state index in [2.05, 4.69) is 5.32 Å². The minimum absolute atomic E-state index is 0.0883. The summed E-state index contributed by atoms with van der Waals surface area (Å²) in [6, 6.07) is 8.16. The van der Waals surface area contributed by atoms with E-state index < -0.39 is 0 Å². The summed E-state index contributed by atoms with van der Waals surface area (Å²) in [5.41, 5.74) is 7.32. The van der Waals surface area contributed by atoms with E-state index in [1.807, 2.05) is 6.92 Å². The molecule has 21 heavy (non-hydrogen) atoms. The Hall–Kier alpha value is -2.76. The first-order chi connectivity index (χ1) is 9.99. The van der Waals surface area contributed by atoms with Gasteiger partial charge in [0.25, 0.3) is 5.56 Å². The summed E-state index contributed by atoms with van der Waals surface area (Å²) < 4.78 is 6.42. The summed E-state index contributed by atoms with van der Waals surface area (Å²) in [6.45, 7) is 1.80. The van der Waals surface area contributed by atoms with Crippen LogP contribution < -0.4 is 21.3 Å². The highest BCUT2D eigenvalue weighted by Crippen LogP contribution is 2.21. The molecular formula is C15H17N3O3. The Morgan fingerprint density at radius 2 is 2.10 bits per heavy atom. The number of hydrogen-bond acceptors (Lipinski definition) is 4. The highest BCUT2D eigenvalue weighted by atomic mass is 16.5. The second-order valence-electron chi connectivity index (χ2n) is 4.66. The molecule has 0 saturated heterocycles. The van der Waals surface area contributed by atoms with Gasteiger partial charge in [0.05, 0.1) is 7.11 Å². The number of benzene rings is 1. The number of nitrogens with zero attached hydrogens (tertiary/aromatic N) is 1. The zero-order chi connectivity index (χ0) is 15.4. The molecule has 0 aliphatic rings. The smallest absolute Gasteiger partial charge is 0.251 e. The van der Waals surface area contributed by atoms with E-state index in [0.29, 0.717) is 11.4 Å². The van der Waals surface area contributed by atoms with Gasteiger partial charge in [0, 0.05) is 23.6 Å². The fourth-order valence-corrected chi connectivity index (χ4v) is 1.98. The molecule has 6 nitrogen and oxygen atoms in total. The van der Waals surface area contributed by atoms with E-state index >= 15 is 0 Å². The van der Waals surface area contributed by atoms with Gasteiger partial charge in [-0.05, 0) is 36.8 Å². The average molecular weight is 287 g/mol. The molecular weight excluding hydrogens is 270 g/mol. The Morgan fingerprint density at radius 3 is 2.76 bits per heavy atom. The lowest BCUT2D eigenvalue weighted by Gasteiger charge is -2.10. The minimum atomic E-state index is -0.299. The number of aryl methyl sites for hydroxylation is 1. The Bertz CT molecular complexity index is 722. The van der Waals surface area contributed by atoms with E-state index in [9.17, 15) is 9.59 Å². The Balaban J connectivity index is 2.10. The van der Waals surface area contributed by atoms with Crippen molar-refractivity contribution in [1.29, 1.82) is 0 Å². The van der Waals surface area contributed by atoms with Crippen LogP contribution in [0.1, 0.15) is 5.56 Å². The van der Waals surface area contributed by atoms with Crippen molar-refractivity contribution in [3.05, 3.63) is 52.4 Å². The number of carbonyl (C=O) groups is 1. The number of methoxy groups -OCH3 is 1. The molecule has 0 saturated carbocycles. The fraction of sp³-hybridized carbons (Fsp3) is 0.200. The third-order valence-electron chi connectivity index (χ3n) is 3.00. The van der Waals surface area contributed by atoms with E-state index in [4.69, 9.17) is 10.5 Å². The molecule has 110 valence electrons. The Morgan fingerprint density at radius 1 is 1.33 bits per heavy atom. The predicted octanol–water partition coefficient (Wildman–Crippen LogP) is 1.39. The van der Waals surface area contributed by atoms with E-state index in [-0.39, 0.29) is 18.0 Å². The fourth-order valence-electron chi connectivity index (χ4n) is 1.98. The number of amides is 1. The molecule has 1 heterocycles. The molecule has 2 aromatic rings. The maximum absolute atomic E-state index is 12.0. The summed E-state index contributed by atoms with van der Waals surface area (Å²) in [6.07, 6.45) is 1.45. The minimum Gasteiger partial charge on any atom is -0.496 e. The first-order valence-electron chi connectivity index (χ1n) is 6.40. The molecule has 0 atom stereocenters. The molecule has 0 radical (unpaired) electrons. The zero-order valence-electron chi connectivity index (χ0n) is 11.9. The van der Waals surface area contributed by atoms with Crippen molar-refractivity contribution in [3.8, 4) is 5.75 Å². The molecule has 0 bridgehead atoms. The van der Waals surface area contributed by atoms with E-state index in [1.165, 1.54) is 22.9 Å². The van der Waals surface area contributed by atoms with Crippen molar-refractivity contribution < 1.29 is 9.53 Å². The van der Waals surface area contributed by atoms with Gasteiger partial charge in [0.2, 0.25) is 5.91 Å². The van der Waals surface area contributed by atoms with Crippen molar-refractivity contribution in [3.63, 3.8) is 0 Å². The third kappa shape index (κ3) is 3.62.